The molecule has 0 aliphatic rings. The van der Waals surface area contributed by atoms with Crippen molar-refractivity contribution < 1.29 is 20.1 Å². The molecule has 0 saturated carbocycles. The molecule has 6 heteroatoms. The fourth-order valence-corrected chi connectivity index (χ4v) is 0.824. The van der Waals surface area contributed by atoms with Gasteiger partial charge < -0.3 is 26.0 Å². The lowest BCUT2D eigenvalue weighted by atomic mass is 9.94. The minimum absolute atomic E-state index is 0.0867. The molecule has 5 N–H and O–H groups in total. The number of nitrogens with two attached hydrogens (primary N) is 1. The Bertz CT molecular complexity index is 185. The maximum Gasteiger partial charge on any atom is 0.328 e. The van der Waals surface area contributed by atoms with Crippen LogP contribution in [-0.2, 0) is 4.79 Å². The fraction of sp³-hybridized carbons (Fsp3) is 0.857. The lowest BCUT2D eigenvalue weighted by Gasteiger charge is -2.29. The third-order valence-corrected chi connectivity index (χ3v) is 1.79. The average molecular weight is 192 g/mol. The van der Waals surface area contributed by atoms with Crippen molar-refractivity contribution in [3.63, 3.8) is 0 Å². The van der Waals surface area contributed by atoms with Gasteiger partial charge in [-0.25, -0.2) is 0 Å². The summed E-state index contributed by atoms with van der Waals surface area (Å²) in [4.78, 5) is 12.2. The predicted octanol–water partition coefficient (Wildman–Crippen LogP) is -2.32. The monoisotopic (exact) mass is 192 g/mol. The zero-order chi connectivity index (χ0) is 10.6. The second-order valence-corrected chi connectivity index (χ2v) is 3.28. The Morgan fingerprint density at radius 2 is 2.08 bits per heavy atom. The van der Waals surface area contributed by atoms with Crippen molar-refractivity contribution in [1.82, 2.24) is 4.90 Å². The number of carboxylic acids is 1. The Morgan fingerprint density at radius 3 is 2.31 bits per heavy atom. The van der Waals surface area contributed by atoms with Gasteiger partial charge >= 0.3 is 5.97 Å². The van der Waals surface area contributed by atoms with Gasteiger partial charge in [-0.2, -0.15) is 0 Å². The van der Waals surface area contributed by atoms with Crippen molar-refractivity contribution in [2.24, 2.45) is 5.73 Å². The SMILES string of the molecule is CN(C)CC(O)[C@](N)(CO)C(=O)O. The van der Waals surface area contributed by atoms with Gasteiger partial charge in [-0.1, -0.05) is 0 Å². The van der Waals surface area contributed by atoms with Gasteiger partial charge in [-0.05, 0) is 14.1 Å². The zero-order valence-corrected chi connectivity index (χ0v) is 7.77. The van der Waals surface area contributed by atoms with Crippen molar-refractivity contribution in [2.75, 3.05) is 27.2 Å². The Kier molecular flexibility index (Phi) is 4.28. The van der Waals surface area contributed by atoms with E-state index >= 15 is 0 Å². The van der Waals surface area contributed by atoms with Gasteiger partial charge in [0, 0.05) is 6.54 Å². The molecular formula is C7H16N2O4. The highest BCUT2D eigenvalue weighted by Crippen LogP contribution is 2.07. The third-order valence-electron chi connectivity index (χ3n) is 1.79. The summed E-state index contributed by atoms with van der Waals surface area (Å²) in [5.74, 6) is -1.41. The van der Waals surface area contributed by atoms with Crippen LogP contribution in [-0.4, -0.2) is 65.1 Å². The molecule has 0 aliphatic heterocycles. The van der Waals surface area contributed by atoms with E-state index in [9.17, 15) is 9.90 Å². The number of carboxylic acid groups (broad SMARTS) is 1. The number of carbonyl (C=O) groups is 1. The third kappa shape index (κ3) is 2.92. The van der Waals surface area contributed by atoms with Gasteiger partial charge in [0.25, 0.3) is 0 Å². The van der Waals surface area contributed by atoms with Gasteiger partial charge in [0.15, 0.2) is 5.54 Å². The van der Waals surface area contributed by atoms with E-state index in [1.54, 1.807) is 19.0 Å². The molecule has 6 nitrogen and oxygen atoms in total. The normalized spacial score (nSPS) is 18.3. The maximum atomic E-state index is 10.6. The topological polar surface area (TPSA) is 107 Å². The summed E-state index contributed by atoms with van der Waals surface area (Å²) in [6, 6.07) is 0. The number of hydrogen-bond donors (Lipinski definition) is 4. The number of aliphatic hydroxyl groups is 2. The lowest BCUT2D eigenvalue weighted by Crippen LogP contribution is -2.62. The van der Waals surface area contributed by atoms with Crippen LogP contribution in [0.1, 0.15) is 0 Å². The number of aliphatic carboxylic acids is 1. The molecule has 0 heterocycles. The van der Waals surface area contributed by atoms with Crippen LogP contribution in [0.5, 0.6) is 0 Å². The van der Waals surface area contributed by atoms with Gasteiger partial charge in [0.05, 0.1) is 12.7 Å². The minimum atomic E-state index is -1.98. The highest BCUT2D eigenvalue weighted by atomic mass is 16.4. The number of aliphatic hydroxyl groups excluding tert-OH is 2. The van der Waals surface area contributed by atoms with E-state index < -0.39 is 24.2 Å². The highest BCUT2D eigenvalue weighted by Gasteiger charge is 2.41. The molecule has 13 heavy (non-hydrogen) atoms. The quantitative estimate of drug-likeness (QED) is 0.389. The Labute approximate surface area is 76.6 Å². The van der Waals surface area contributed by atoms with E-state index in [2.05, 4.69) is 0 Å². The first kappa shape index (κ1) is 12.3. The van der Waals surface area contributed by atoms with Crippen LogP contribution in [0.25, 0.3) is 0 Å². The summed E-state index contributed by atoms with van der Waals surface area (Å²) in [5, 5.41) is 26.8. The summed E-state index contributed by atoms with van der Waals surface area (Å²) in [7, 11) is 3.34. The second-order valence-electron chi connectivity index (χ2n) is 3.28. The first-order chi connectivity index (χ1) is 5.84. The first-order valence-electron chi connectivity index (χ1n) is 3.80. The van der Waals surface area contributed by atoms with Gasteiger partial charge in [0.2, 0.25) is 0 Å². The van der Waals surface area contributed by atoms with Crippen LogP contribution in [0.15, 0.2) is 0 Å². The minimum Gasteiger partial charge on any atom is -0.480 e. The molecule has 0 rings (SSSR count). The molecule has 0 amide bonds. The van der Waals surface area contributed by atoms with Crippen molar-refractivity contribution >= 4 is 5.97 Å². The molecule has 0 radical (unpaired) electrons. The lowest BCUT2D eigenvalue weighted by molar-refractivity contribution is -0.150. The van der Waals surface area contributed by atoms with E-state index in [4.69, 9.17) is 15.9 Å². The predicted molar refractivity (Wildman–Crippen MR) is 46.2 cm³/mol. The molecule has 0 saturated heterocycles. The van der Waals surface area contributed by atoms with E-state index in [0.717, 1.165) is 0 Å². The molecule has 0 fully saturated rings. The summed E-state index contributed by atoms with van der Waals surface area (Å²) < 4.78 is 0. The van der Waals surface area contributed by atoms with Crippen molar-refractivity contribution in [3.8, 4) is 0 Å². The van der Waals surface area contributed by atoms with E-state index in [1.165, 1.54) is 0 Å². The number of nitrogens with zero attached hydrogens (tertiary/aromatic N) is 1. The molecule has 0 aromatic heterocycles. The van der Waals surface area contributed by atoms with Crippen LogP contribution in [0.3, 0.4) is 0 Å². The van der Waals surface area contributed by atoms with Gasteiger partial charge in [0.1, 0.15) is 0 Å². The molecule has 2 atom stereocenters. The Morgan fingerprint density at radius 1 is 1.62 bits per heavy atom. The molecule has 78 valence electrons. The fourth-order valence-electron chi connectivity index (χ4n) is 0.824. The van der Waals surface area contributed by atoms with Crippen LogP contribution >= 0.6 is 0 Å². The number of likely N-dealkylation sites (N-methyl/N-ethyl adjacent to an activating group) is 1. The molecule has 0 aromatic carbocycles. The van der Waals surface area contributed by atoms with E-state index in [0.29, 0.717) is 0 Å². The summed E-state index contributed by atoms with van der Waals surface area (Å²) in [5.41, 5.74) is 3.32. The molecule has 0 spiro atoms. The number of hydrogen-bond acceptors (Lipinski definition) is 5. The molecule has 0 aromatic rings. The standard InChI is InChI=1S/C7H16N2O4/c1-9(2)3-5(11)7(8,4-10)6(12)13/h5,10-11H,3-4,8H2,1-2H3,(H,12,13)/t5?,7-/m1/s1. The van der Waals surface area contributed by atoms with Crippen LogP contribution in [0.2, 0.25) is 0 Å². The van der Waals surface area contributed by atoms with E-state index in [1.807, 2.05) is 0 Å². The van der Waals surface area contributed by atoms with Crippen molar-refractivity contribution in [1.29, 1.82) is 0 Å². The highest BCUT2D eigenvalue weighted by molar-refractivity contribution is 5.79. The molecular weight excluding hydrogens is 176 g/mol. The van der Waals surface area contributed by atoms with Crippen molar-refractivity contribution in [2.45, 2.75) is 11.6 Å². The molecule has 0 bridgehead atoms. The second kappa shape index (κ2) is 4.52. The molecule has 0 aliphatic carbocycles. The Hall–Kier alpha value is -0.690. The summed E-state index contributed by atoms with van der Waals surface area (Å²) in [6.45, 7) is -0.708. The van der Waals surface area contributed by atoms with Crippen LogP contribution < -0.4 is 5.73 Å². The smallest absolute Gasteiger partial charge is 0.328 e. The van der Waals surface area contributed by atoms with Crippen LogP contribution in [0, 0.1) is 0 Å². The first-order valence-corrected chi connectivity index (χ1v) is 3.80. The summed E-state index contributed by atoms with van der Waals surface area (Å²) >= 11 is 0. The zero-order valence-electron chi connectivity index (χ0n) is 7.77. The summed E-state index contributed by atoms with van der Waals surface area (Å²) in [6.07, 6.45) is -1.30. The number of rotatable bonds is 5. The van der Waals surface area contributed by atoms with Crippen LogP contribution in [0.4, 0.5) is 0 Å². The Balaban J connectivity index is 4.47. The van der Waals surface area contributed by atoms with Gasteiger partial charge in [-0.15, -0.1) is 0 Å². The average Bonchev–Trinajstić information content (AvgIpc) is 2.01. The molecule has 1 unspecified atom stereocenters. The maximum absolute atomic E-state index is 10.6. The van der Waals surface area contributed by atoms with Crippen molar-refractivity contribution in [3.05, 3.63) is 0 Å². The largest absolute Gasteiger partial charge is 0.480 e. The van der Waals surface area contributed by atoms with Gasteiger partial charge in [-0.3, -0.25) is 4.79 Å². The van der Waals surface area contributed by atoms with E-state index in [-0.39, 0.29) is 6.54 Å².